The Balaban J connectivity index is 1.78. The first-order valence-corrected chi connectivity index (χ1v) is 7.60. The third-order valence-corrected chi connectivity index (χ3v) is 4.42. The lowest BCUT2D eigenvalue weighted by molar-refractivity contribution is 0.0640. The molecule has 0 unspecified atom stereocenters. The third kappa shape index (κ3) is 2.59. The summed E-state index contributed by atoms with van der Waals surface area (Å²) in [6.45, 7) is 0.617. The summed E-state index contributed by atoms with van der Waals surface area (Å²) in [5, 5.41) is 13.9. The Kier molecular flexibility index (Phi) is 3.80. The summed E-state index contributed by atoms with van der Waals surface area (Å²) >= 11 is 1.51. The molecule has 3 rings (SSSR count). The van der Waals surface area contributed by atoms with Crippen molar-refractivity contribution >= 4 is 17.2 Å². The summed E-state index contributed by atoms with van der Waals surface area (Å²) in [5.74, 6) is 0.0156. The standard InChI is InChI=1S/C15H16N2O2S/c18-14-3-7-17(15(19)12-4-8-20-10-12)13(14)9-11-1-5-16-6-2-11/h1-2,4-6,8,10,13-14,18H,3,7,9H2/t13-,14+/m0/s1. The molecule has 4 nitrogen and oxygen atoms in total. The highest BCUT2D eigenvalue weighted by Gasteiger charge is 2.36. The smallest absolute Gasteiger partial charge is 0.255 e. The maximum atomic E-state index is 12.5. The van der Waals surface area contributed by atoms with Crippen molar-refractivity contribution in [2.24, 2.45) is 0 Å². The molecule has 1 aliphatic rings. The van der Waals surface area contributed by atoms with Crippen LogP contribution in [0.15, 0.2) is 41.4 Å². The predicted molar refractivity (Wildman–Crippen MR) is 77.7 cm³/mol. The van der Waals surface area contributed by atoms with Crippen LogP contribution in [0.2, 0.25) is 0 Å². The van der Waals surface area contributed by atoms with Gasteiger partial charge in [-0.05, 0) is 42.0 Å². The topological polar surface area (TPSA) is 53.4 Å². The molecule has 0 aliphatic carbocycles. The van der Waals surface area contributed by atoms with Gasteiger partial charge >= 0.3 is 0 Å². The van der Waals surface area contributed by atoms with Crippen molar-refractivity contribution in [3.63, 3.8) is 0 Å². The van der Waals surface area contributed by atoms with E-state index in [1.807, 2.05) is 29.0 Å². The molecule has 104 valence electrons. The van der Waals surface area contributed by atoms with Crippen LogP contribution in [-0.2, 0) is 6.42 Å². The number of amides is 1. The average molecular weight is 288 g/mol. The van der Waals surface area contributed by atoms with Crippen LogP contribution in [0.5, 0.6) is 0 Å². The molecule has 1 aliphatic heterocycles. The van der Waals surface area contributed by atoms with E-state index in [1.54, 1.807) is 17.3 Å². The highest BCUT2D eigenvalue weighted by molar-refractivity contribution is 7.08. The highest BCUT2D eigenvalue weighted by atomic mass is 32.1. The minimum absolute atomic E-state index is 0.0156. The second kappa shape index (κ2) is 5.73. The SMILES string of the molecule is O=C(c1ccsc1)N1CC[C@@H](O)[C@@H]1Cc1ccncc1. The number of hydrogen-bond donors (Lipinski definition) is 1. The maximum Gasteiger partial charge on any atom is 0.255 e. The van der Waals surface area contributed by atoms with Crippen molar-refractivity contribution < 1.29 is 9.90 Å². The Hall–Kier alpha value is -1.72. The van der Waals surface area contributed by atoms with Crippen LogP contribution in [0, 0.1) is 0 Å². The van der Waals surface area contributed by atoms with Crippen LogP contribution in [0.1, 0.15) is 22.3 Å². The van der Waals surface area contributed by atoms with Crippen molar-refractivity contribution in [1.82, 2.24) is 9.88 Å². The van der Waals surface area contributed by atoms with Gasteiger partial charge in [-0.3, -0.25) is 9.78 Å². The Bertz CT molecular complexity index is 571. The first-order valence-electron chi connectivity index (χ1n) is 6.66. The summed E-state index contributed by atoms with van der Waals surface area (Å²) in [6, 6.07) is 5.54. The van der Waals surface area contributed by atoms with E-state index in [0.717, 1.165) is 5.56 Å². The first-order chi connectivity index (χ1) is 9.75. The molecule has 5 heteroatoms. The summed E-state index contributed by atoms with van der Waals surface area (Å²) < 4.78 is 0. The van der Waals surface area contributed by atoms with E-state index in [0.29, 0.717) is 24.9 Å². The molecule has 1 saturated heterocycles. The van der Waals surface area contributed by atoms with Crippen LogP contribution >= 0.6 is 11.3 Å². The van der Waals surface area contributed by atoms with Gasteiger partial charge in [0.1, 0.15) is 0 Å². The predicted octanol–water partition coefficient (Wildman–Crippen LogP) is 1.96. The third-order valence-electron chi connectivity index (χ3n) is 3.73. The van der Waals surface area contributed by atoms with Crippen LogP contribution in [0.25, 0.3) is 0 Å². The van der Waals surface area contributed by atoms with Crippen LogP contribution < -0.4 is 0 Å². The van der Waals surface area contributed by atoms with Crippen LogP contribution in [0.4, 0.5) is 0 Å². The molecular formula is C15H16N2O2S. The Morgan fingerprint density at radius 1 is 1.40 bits per heavy atom. The highest BCUT2D eigenvalue weighted by Crippen LogP contribution is 2.24. The number of nitrogens with zero attached hydrogens (tertiary/aromatic N) is 2. The Morgan fingerprint density at radius 3 is 2.90 bits per heavy atom. The Morgan fingerprint density at radius 2 is 2.20 bits per heavy atom. The Labute approximate surface area is 121 Å². The van der Waals surface area contributed by atoms with E-state index < -0.39 is 6.10 Å². The van der Waals surface area contributed by atoms with Gasteiger partial charge in [0.15, 0.2) is 0 Å². The molecule has 2 atom stereocenters. The number of thiophene rings is 1. The van der Waals surface area contributed by atoms with Gasteiger partial charge in [-0.1, -0.05) is 0 Å². The molecule has 0 bridgehead atoms. The van der Waals surface area contributed by atoms with E-state index >= 15 is 0 Å². The lowest BCUT2D eigenvalue weighted by atomic mass is 10.0. The number of hydrogen-bond acceptors (Lipinski definition) is 4. The van der Waals surface area contributed by atoms with Crippen LogP contribution in [-0.4, -0.2) is 39.6 Å². The molecule has 1 fully saturated rings. The summed E-state index contributed by atoms with van der Waals surface area (Å²) in [7, 11) is 0. The van der Waals surface area contributed by atoms with Crippen molar-refractivity contribution in [2.75, 3.05) is 6.54 Å². The number of pyridine rings is 1. The molecule has 2 aromatic heterocycles. The summed E-state index contributed by atoms with van der Waals surface area (Å²) in [5.41, 5.74) is 1.80. The number of likely N-dealkylation sites (tertiary alicyclic amines) is 1. The molecule has 0 saturated carbocycles. The lowest BCUT2D eigenvalue weighted by Gasteiger charge is -2.26. The fraction of sp³-hybridized carbons (Fsp3) is 0.333. The number of carbonyl (C=O) groups is 1. The first kappa shape index (κ1) is 13.3. The van der Waals surface area contributed by atoms with Crippen molar-refractivity contribution in [2.45, 2.75) is 25.0 Å². The van der Waals surface area contributed by atoms with Gasteiger partial charge in [-0.2, -0.15) is 11.3 Å². The van der Waals surface area contributed by atoms with E-state index in [2.05, 4.69) is 4.98 Å². The van der Waals surface area contributed by atoms with Gasteiger partial charge in [0.2, 0.25) is 0 Å². The van der Waals surface area contributed by atoms with Gasteiger partial charge < -0.3 is 10.0 Å². The summed E-state index contributed by atoms with van der Waals surface area (Å²) in [4.78, 5) is 18.3. The molecule has 0 aromatic carbocycles. The van der Waals surface area contributed by atoms with Gasteiger partial charge in [0.25, 0.3) is 5.91 Å². The van der Waals surface area contributed by atoms with Gasteiger partial charge in [-0.25, -0.2) is 0 Å². The fourth-order valence-corrected chi connectivity index (χ4v) is 3.28. The van der Waals surface area contributed by atoms with Crippen LogP contribution in [0.3, 0.4) is 0 Å². The second-order valence-electron chi connectivity index (χ2n) is 4.99. The van der Waals surface area contributed by atoms with Crippen molar-refractivity contribution in [1.29, 1.82) is 0 Å². The van der Waals surface area contributed by atoms with Gasteiger partial charge in [0.05, 0.1) is 17.7 Å². The number of aromatic nitrogens is 1. The normalized spacial score (nSPS) is 22.1. The largest absolute Gasteiger partial charge is 0.391 e. The molecular weight excluding hydrogens is 272 g/mol. The van der Waals surface area contributed by atoms with E-state index in [1.165, 1.54) is 11.3 Å². The average Bonchev–Trinajstić information content (AvgIpc) is 3.11. The lowest BCUT2D eigenvalue weighted by Crippen LogP contribution is -2.41. The fourth-order valence-electron chi connectivity index (χ4n) is 2.65. The molecule has 20 heavy (non-hydrogen) atoms. The van der Waals surface area contributed by atoms with E-state index in [-0.39, 0.29) is 11.9 Å². The van der Waals surface area contributed by atoms with Gasteiger partial charge in [0, 0.05) is 24.3 Å². The quantitative estimate of drug-likeness (QED) is 0.939. The maximum absolute atomic E-state index is 12.5. The summed E-state index contributed by atoms with van der Waals surface area (Å²) in [6.07, 6.45) is 4.33. The van der Waals surface area contributed by atoms with Crippen molar-refractivity contribution in [3.8, 4) is 0 Å². The van der Waals surface area contributed by atoms with E-state index in [4.69, 9.17) is 0 Å². The monoisotopic (exact) mass is 288 g/mol. The molecule has 3 heterocycles. The molecule has 1 amide bonds. The molecule has 1 N–H and O–H groups in total. The van der Waals surface area contributed by atoms with Gasteiger partial charge in [-0.15, -0.1) is 0 Å². The number of carbonyl (C=O) groups excluding carboxylic acids is 1. The zero-order chi connectivity index (χ0) is 13.9. The second-order valence-corrected chi connectivity index (χ2v) is 5.77. The minimum atomic E-state index is -0.453. The molecule has 0 spiro atoms. The molecule has 0 radical (unpaired) electrons. The zero-order valence-corrected chi connectivity index (χ0v) is 11.8. The molecule has 2 aromatic rings. The van der Waals surface area contributed by atoms with E-state index in [9.17, 15) is 9.90 Å². The number of aliphatic hydroxyl groups excluding tert-OH is 1. The number of aliphatic hydroxyl groups is 1. The number of rotatable bonds is 3. The zero-order valence-electron chi connectivity index (χ0n) is 11.0. The van der Waals surface area contributed by atoms with Crippen molar-refractivity contribution in [3.05, 3.63) is 52.5 Å². The minimum Gasteiger partial charge on any atom is -0.391 e.